The number of hydrogen-bond acceptors (Lipinski definition) is 6. The Morgan fingerprint density at radius 2 is 1.24 bits per heavy atom. The van der Waals surface area contributed by atoms with Crippen molar-refractivity contribution < 1.29 is 29.2 Å². The maximum absolute atomic E-state index is 11.7. The van der Waals surface area contributed by atoms with Crippen LogP contribution >= 0.6 is 31.9 Å². The highest BCUT2D eigenvalue weighted by atomic mass is 79.9. The molecule has 4 saturated heterocycles. The summed E-state index contributed by atoms with van der Waals surface area (Å²) in [6, 6.07) is 0. The highest BCUT2D eigenvalue weighted by molar-refractivity contribution is 9.09. The summed E-state index contributed by atoms with van der Waals surface area (Å²) >= 11 is 7.60. The maximum atomic E-state index is 11.7. The zero-order chi connectivity index (χ0) is 28.4. The lowest BCUT2D eigenvalue weighted by atomic mass is 9.79. The molecule has 4 aliphatic heterocycles. The monoisotopic (exact) mass is 666 g/mol. The molecule has 4 heterocycles. The van der Waals surface area contributed by atoms with Crippen molar-refractivity contribution in [1.82, 2.24) is 0 Å². The number of ether oxygens (including phenoxy) is 4. The molecule has 4 fully saturated rings. The first-order chi connectivity index (χ1) is 17.3. The van der Waals surface area contributed by atoms with Crippen LogP contribution in [0.4, 0.5) is 0 Å². The minimum atomic E-state index is -1.04. The fourth-order valence-corrected chi connectivity index (χ4v) is 7.76. The van der Waals surface area contributed by atoms with Crippen LogP contribution in [-0.2, 0) is 18.9 Å². The predicted octanol–water partition coefficient (Wildman–Crippen LogP) is 6.59. The number of rotatable bonds is 4. The van der Waals surface area contributed by atoms with Crippen LogP contribution in [0.2, 0.25) is 0 Å². The van der Waals surface area contributed by atoms with Gasteiger partial charge in [0.05, 0.1) is 58.0 Å². The molecule has 0 aromatic carbocycles. The number of aliphatic hydroxyl groups is 2. The molecule has 0 radical (unpaired) electrons. The third-order valence-electron chi connectivity index (χ3n) is 10.3. The Labute approximate surface area is 247 Å². The lowest BCUT2D eigenvalue weighted by Gasteiger charge is -2.49. The molecule has 0 amide bonds. The second-order valence-electron chi connectivity index (χ2n) is 14.6. The van der Waals surface area contributed by atoms with Gasteiger partial charge in [0.1, 0.15) is 0 Å². The second kappa shape index (κ2) is 10.8. The molecule has 6 nitrogen and oxygen atoms in total. The van der Waals surface area contributed by atoms with Gasteiger partial charge in [0.25, 0.3) is 0 Å². The van der Waals surface area contributed by atoms with E-state index in [0.717, 1.165) is 44.9 Å². The van der Waals surface area contributed by atoms with Crippen LogP contribution in [0.3, 0.4) is 0 Å². The average Bonchev–Trinajstić information content (AvgIpc) is 3.01. The van der Waals surface area contributed by atoms with Crippen molar-refractivity contribution in [2.24, 2.45) is 0 Å². The normalized spacial score (nSPS) is 48.9. The lowest BCUT2D eigenvalue weighted by Crippen LogP contribution is -2.57. The molecule has 1 unspecified atom stereocenters. The Morgan fingerprint density at radius 3 is 1.89 bits per heavy atom. The first-order valence-corrected chi connectivity index (χ1v) is 16.6. The smallest absolute Gasteiger partial charge is 0.0921 e. The van der Waals surface area contributed by atoms with Crippen molar-refractivity contribution in [2.45, 2.75) is 187 Å². The van der Waals surface area contributed by atoms with Crippen molar-refractivity contribution in [3.8, 4) is 0 Å². The molecule has 8 heteroatoms. The summed E-state index contributed by atoms with van der Waals surface area (Å²) < 4.78 is 26.8. The van der Waals surface area contributed by atoms with Crippen molar-refractivity contribution in [2.75, 3.05) is 0 Å². The molecule has 4 aliphatic rings. The summed E-state index contributed by atoms with van der Waals surface area (Å²) in [5.74, 6) is 0. The van der Waals surface area contributed by atoms with E-state index in [1.54, 1.807) is 0 Å². The fourth-order valence-electron chi connectivity index (χ4n) is 7.09. The molecule has 0 spiro atoms. The molecule has 222 valence electrons. The Morgan fingerprint density at radius 1 is 0.711 bits per heavy atom. The number of fused-ring (bicyclic) bond motifs is 2. The van der Waals surface area contributed by atoms with Gasteiger partial charge < -0.3 is 29.2 Å². The van der Waals surface area contributed by atoms with Crippen LogP contribution in [-0.4, -0.2) is 77.9 Å². The summed E-state index contributed by atoms with van der Waals surface area (Å²) in [4.78, 5) is 0.464. The third kappa shape index (κ3) is 6.38. The van der Waals surface area contributed by atoms with Crippen molar-refractivity contribution in [3.05, 3.63) is 0 Å². The molecule has 0 aliphatic carbocycles. The van der Waals surface area contributed by atoms with E-state index in [1.807, 2.05) is 13.8 Å². The van der Waals surface area contributed by atoms with Crippen molar-refractivity contribution in [1.29, 1.82) is 0 Å². The van der Waals surface area contributed by atoms with Crippen molar-refractivity contribution >= 4 is 31.9 Å². The van der Waals surface area contributed by atoms with Crippen LogP contribution in [0.5, 0.6) is 0 Å². The predicted molar refractivity (Wildman–Crippen MR) is 157 cm³/mol. The quantitative estimate of drug-likeness (QED) is 0.330. The minimum Gasteiger partial charge on any atom is -0.387 e. The third-order valence-corrected chi connectivity index (χ3v) is 13.4. The van der Waals surface area contributed by atoms with Crippen molar-refractivity contribution in [3.63, 3.8) is 0 Å². The van der Waals surface area contributed by atoms with Gasteiger partial charge in [-0.05, 0) is 120 Å². The zero-order valence-corrected chi connectivity index (χ0v) is 28.0. The fraction of sp³-hybridized carbons (Fsp3) is 1.00. The van der Waals surface area contributed by atoms with E-state index in [2.05, 4.69) is 73.4 Å². The Hall–Kier alpha value is 0.720. The molecule has 4 rings (SSSR count). The lowest BCUT2D eigenvalue weighted by molar-refractivity contribution is -0.261. The van der Waals surface area contributed by atoms with Gasteiger partial charge in [0, 0.05) is 9.65 Å². The number of alkyl halides is 2. The number of hydrogen-bond donors (Lipinski definition) is 2. The summed E-state index contributed by atoms with van der Waals surface area (Å²) in [7, 11) is 0. The van der Waals surface area contributed by atoms with E-state index in [0.29, 0.717) is 24.1 Å². The van der Waals surface area contributed by atoms with Gasteiger partial charge in [0.2, 0.25) is 0 Å². The minimum absolute atomic E-state index is 0.00117. The largest absolute Gasteiger partial charge is 0.387 e. The molecule has 0 aromatic rings. The van der Waals surface area contributed by atoms with Gasteiger partial charge >= 0.3 is 0 Å². The molecule has 38 heavy (non-hydrogen) atoms. The first kappa shape index (κ1) is 31.7. The Bertz CT molecular complexity index is 847. The zero-order valence-electron chi connectivity index (χ0n) is 24.8. The van der Waals surface area contributed by atoms with E-state index >= 15 is 0 Å². The van der Waals surface area contributed by atoms with Gasteiger partial charge in [0.15, 0.2) is 0 Å². The van der Waals surface area contributed by atoms with Crippen LogP contribution in [0, 0.1) is 0 Å². The summed E-state index contributed by atoms with van der Waals surface area (Å²) in [6.07, 6.45) is 7.08. The topological polar surface area (TPSA) is 77.4 Å². The Kier molecular flexibility index (Phi) is 8.97. The summed E-state index contributed by atoms with van der Waals surface area (Å²) in [5.41, 5.74) is -3.49. The Balaban J connectivity index is 1.44. The van der Waals surface area contributed by atoms with Gasteiger partial charge in [-0.15, -0.1) is 0 Å². The van der Waals surface area contributed by atoms with Gasteiger partial charge in [-0.3, -0.25) is 0 Å². The standard InChI is InChI=1S/C30H52Br2O6/c1-25(2)19(31)11-15-27(5,33)22(35-25)13-16-28(6,34)21-9-10-23-30(8,37-21)18-14-24-29(7,38-23)17-12-20(32)26(3,4)36-24/h19-24,33-34H,9-18H2,1-8H3/t19-,20-,21-,22+,23+,24+,27-,28?,29-,30-/m1/s1. The van der Waals surface area contributed by atoms with E-state index in [1.165, 1.54) is 0 Å². The van der Waals surface area contributed by atoms with Gasteiger partial charge in [-0.1, -0.05) is 31.9 Å². The maximum Gasteiger partial charge on any atom is 0.0921 e. The summed E-state index contributed by atoms with van der Waals surface area (Å²) in [6.45, 7) is 16.6. The van der Waals surface area contributed by atoms with Crippen LogP contribution < -0.4 is 0 Å². The molecule has 0 bridgehead atoms. The van der Waals surface area contributed by atoms with Crippen LogP contribution in [0.1, 0.15) is 120 Å². The average molecular weight is 669 g/mol. The van der Waals surface area contributed by atoms with Crippen LogP contribution in [0.25, 0.3) is 0 Å². The molecular formula is C30H52Br2O6. The molecule has 2 N–H and O–H groups in total. The highest BCUT2D eigenvalue weighted by Gasteiger charge is 2.55. The summed E-state index contributed by atoms with van der Waals surface area (Å²) in [5, 5.41) is 22.9. The molecule has 0 saturated carbocycles. The number of halogens is 2. The van der Waals surface area contributed by atoms with E-state index in [-0.39, 0.29) is 40.4 Å². The molecule has 10 atom stereocenters. The van der Waals surface area contributed by atoms with Crippen LogP contribution in [0.15, 0.2) is 0 Å². The van der Waals surface area contributed by atoms with E-state index < -0.39 is 22.4 Å². The molecular weight excluding hydrogens is 616 g/mol. The first-order valence-electron chi connectivity index (χ1n) is 14.7. The van der Waals surface area contributed by atoms with Gasteiger partial charge in [-0.2, -0.15) is 0 Å². The van der Waals surface area contributed by atoms with E-state index in [9.17, 15) is 10.2 Å². The van der Waals surface area contributed by atoms with E-state index in [4.69, 9.17) is 18.9 Å². The second-order valence-corrected chi connectivity index (χ2v) is 16.9. The highest BCUT2D eigenvalue weighted by Crippen LogP contribution is 2.49. The van der Waals surface area contributed by atoms with Gasteiger partial charge in [-0.25, -0.2) is 0 Å². The molecule has 0 aromatic heterocycles. The SMILES string of the molecule is CC(O)(CC[C@@H]1OC(C)(C)[C@H](Br)CC[C@@]1(C)O)[C@H]1CC[C@@H]2O[C@]3(C)CC[C@@H](Br)C(C)(C)O[C@H]3CC[C@@]2(C)O1.